The highest BCUT2D eigenvalue weighted by Crippen LogP contribution is 2.17. The minimum Gasteiger partial charge on any atom is -0.459 e. The molecule has 0 atom stereocenters. The van der Waals surface area contributed by atoms with Gasteiger partial charge < -0.3 is 10.1 Å². The summed E-state index contributed by atoms with van der Waals surface area (Å²) < 4.78 is 29.7. The molecule has 0 unspecified atom stereocenters. The second kappa shape index (κ2) is 9.34. The molecule has 9 heteroatoms. The average molecular weight is 415 g/mol. The second-order valence-electron chi connectivity index (χ2n) is 6.45. The lowest BCUT2D eigenvalue weighted by atomic mass is 10.1. The van der Waals surface area contributed by atoms with E-state index in [2.05, 4.69) is 11.9 Å². The fourth-order valence-electron chi connectivity index (χ4n) is 2.65. The Morgan fingerprint density at radius 2 is 1.85 bits per heavy atom. The number of ether oxygens (including phenoxy) is 1. The number of nitrogens with zero attached hydrogens (tertiary/aromatic N) is 1. The fourth-order valence-corrected chi connectivity index (χ4v) is 3.65. The first-order valence-corrected chi connectivity index (χ1v) is 10.7. The molecule has 0 radical (unpaired) electrons. The minimum absolute atomic E-state index is 0.0640. The van der Waals surface area contributed by atoms with Crippen LogP contribution in [-0.2, 0) is 30.9 Å². The first-order valence-electron chi connectivity index (χ1n) is 8.50. The monoisotopic (exact) mass is 414 g/mol. The summed E-state index contributed by atoms with van der Waals surface area (Å²) in [6.45, 7) is 4.56. The molecule has 1 saturated heterocycles. The molecule has 0 saturated carbocycles. The van der Waals surface area contributed by atoms with Crippen molar-refractivity contribution in [3.05, 3.63) is 47.0 Å². The Kier molecular flexibility index (Phi) is 7.41. The zero-order valence-corrected chi connectivity index (χ0v) is 16.7. The summed E-state index contributed by atoms with van der Waals surface area (Å²) in [4.78, 5) is 24.1. The third kappa shape index (κ3) is 6.97. The van der Waals surface area contributed by atoms with Crippen molar-refractivity contribution in [3.8, 4) is 0 Å². The van der Waals surface area contributed by atoms with Gasteiger partial charge in [-0.15, -0.1) is 0 Å². The van der Waals surface area contributed by atoms with Gasteiger partial charge in [0.05, 0.1) is 12.7 Å². The molecule has 1 heterocycles. The lowest BCUT2D eigenvalue weighted by Gasteiger charge is -2.29. The highest BCUT2D eigenvalue weighted by atomic mass is 35.5. The van der Waals surface area contributed by atoms with E-state index in [0.29, 0.717) is 37.5 Å². The van der Waals surface area contributed by atoms with Crippen molar-refractivity contribution < 1.29 is 22.7 Å². The summed E-state index contributed by atoms with van der Waals surface area (Å²) in [7, 11) is -3.23. The van der Waals surface area contributed by atoms with Crippen LogP contribution in [0.2, 0.25) is 5.02 Å². The maximum absolute atomic E-state index is 12.1. The highest BCUT2D eigenvalue weighted by molar-refractivity contribution is 7.88. The Labute approximate surface area is 164 Å². The molecule has 0 spiro atoms. The van der Waals surface area contributed by atoms with Crippen molar-refractivity contribution >= 4 is 33.5 Å². The van der Waals surface area contributed by atoms with Crippen molar-refractivity contribution in [1.29, 1.82) is 0 Å². The number of benzene rings is 1. The Morgan fingerprint density at radius 1 is 1.26 bits per heavy atom. The van der Waals surface area contributed by atoms with Gasteiger partial charge in [0.1, 0.15) is 6.10 Å². The Balaban J connectivity index is 1.73. The third-order valence-corrected chi connectivity index (χ3v) is 5.76. The van der Waals surface area contributed by atoms with Gasteiger partial charge in [0, 0.05) is 30.2 Å². The van der Waals surface area contributed by atoms with E-state index in [1.807, 2.05) is 0 Å². The van der Waals surface area contributed by atoms with Crippen LogP contribution in [0.1, 0.15) is 24.8 Å². The molecule has 1 aliphatic rings. The number of sulfonamides is 1. The summed E-state index contributed by atoms with van der Waals surface area (Å²) in [6, 6.07) is 7.06. The third-order valence-electron chi connectivity index (χ3n) is 4.21. The Morgan fingerprint density at radius 3 is 2.41 bits per heavy atom. The summed E-state index contributed by atoms with van der Waals surface area (Å²) in [6.07, 6.45) is 1.48. The molecule has 1 aromatic carbocycles. The van der Waals surface area contributed by atoms with Gasteiger partial charge in [-0.25, -0.2) is 17.5 Å². The van der Waals surface area contributed by atoms with Crippen molar-refractivity contribution in [1.82, 2.24) is 9.62 Å². The number of carbonyl (C=O) groups is 2. The van der Waals surface area contributed by atoms with Crippen molar-refractivity contribution in [2.45, 2.75) is 31.9 Å². The smallest absolute Gasteiger partial charge is 0.334 e. The van der Waals surface area contributed by atoms with Crippen LogP contribution in [0.5, 0.6) is 0 Å². The van der Waals surface area contributed by atoms with Crippen LogP contribution in [0, 0.1) is 0 Å². The van der Waals surface area contributed by atoms with Crippen LogP contribution in [0.15, 0.2) is 36.4 Å². The topological polar surface area (TPSA) is 92.8 Å². The van der Waals surface area contributed by atoms with Crippen molar-refractivity contribution in [2.24, 2.45) is 0 Å². The van der Waals surface area contributed by atoms with Crippen LogP contribution in [-0.4, -0.2) is 50.0 Å². The van der Waals surface area contributed by atoms with Gasteiger partial charge in [0.2, 0.25) is 15.9 Å². The Bertz CT molecular complexity index is 800. The number of nitrogens with one attached hydrogen (secondary N) is 1. The van der Waals surface area contributed by atoms with Crippen LogP contribution >= 0.6 is 11.6 Å². The average Bonchev–Trinajstić information content (AvgIpc) is 2.61. The standard InChI is InChI=1S/C18H23ClN2O5S/c1-13(11-17(22)20-12-14-3-5-15(19)6-4-14)18(23)26-16-7-9-21(10-8-16)27(2,24)25/h3-6,16H,1,7-12H2,2H3,(H,20,22). The van der Waals surface area contributed by atoms with Crippen LogP contribution in [0.3, 0.4) is 0 Å². The lowest BCUT2D eigenvalue weighted by molar-refractivity contribution is -0.146. The van der Waals surface area contributed by atoms with Gasteiger partial charge in [0.15, 0.2) is 0 Å². The summed E-state index contributed by atoms with van der Waals surface area (Å²) in [5.41, 5.74) is 0.952. The molecule has 1 N–H and O–H groups in total. The number of esters is 1. The second-order valence-corrected chi connectivity index (χ2v) is 8.87. The van der Waals surface area contributed by atoms with Crippen molar-refractivity contribution in [3.63, 3.8) is 0 Å². The van der Waals surface area contributed by atoms with Gasteiger partial charge in [-0.2, -0.15) is 0 Å². The molecule has 0 aromatic heterocycles. The molecule has 0 bridgehead atoms. The molecule has 1 aromatic rings. The predicted octanol–water partition coefficient (Wildman–Crippen LogP) is 1.87. The molecular weight excluding hydrogens is 392 g/mol. The van der Waals surface area contributed by atoms with E-state index in [1.54, 1.807) is 24.3 Å². The maximum atomic E-state index is 12.1. The normalized spacial score (nSPS) is 15.9. The van der Waals surface area contributed by atoms with Gasteiger partial charge in [-0.05, 0) is 30.5 Å². The van der Waals surface area contributed by atoms with Crippen molar-refractivity contribution in [2.75, 3.05) is 19.3 Å². The quantitative estimate of drug-likeness (QED) is 0.543. The summed E-state index contributed by atoms with van der Waals surface area (Å²) in [5, 5.41) is 3.32. The Hall–Kier alpha value is -1.90. The fraction of sp³-hybridized carbons (Fsp3) is 0.444. The van der Waals surface area contributed by atoms with E-state index >= 15 is 0 Å². The minimum atomic E-state index is -3.23. The zero-order valence-electron chi connectivity index (χ0n) is 15.1. The number of hydrogen-bond acceptors (Lipinski definition) is 5. The molecule has 1 amide bonds. The largest absolute Gasteiger partial charge is 0.459 e. The molecule has 0 aliphatic carbocycles. The van der Waals surface area contributed by atoms with E-state index in [-0.39, 0.29) is 24.0 Å². The van der Waals surface area contributed by atoms with Gasteiger partial charge in [0.25, 0.3) is 0 Å². The molecule has 1 aliphatic heterocycles. The SMILES string of the molecule is C=C(CC(=O)NCc1ccc(Cl)cc1)C(=O)OC1CCN(S(C)(=O)=O)CC1. The van der Waals surface area contributed by atoms with Gasteiger partial charge in [-0.1, -0.05) is 30.3 Å². The number of hydrogen-bond donors (Lipinski definition) is 1. The zero-order chi connectivity index (χ0) is 20.0. The number of amides is 1. The van der Waals surface area contributed by atoms with Gasteiger partial charge >= 0.3 is 5.97 Å². The van der Waals surface area contributed by atoms with E-state index in [0.717, 1.165) is 11.8 Å². The van der Waals surface area contributed by atoms with E-state index in [1.165, 1.54) is 4.31 Å². The highest BCUT2D eigenvalue weighted by Gasteiger charge is 2.27. The summed E-state index contributed by atoms with van der Waals surface area (Å²) in [5.74, 6) is -0.965. The lowest BCUT2D eigenvalue weighted by Crippen LogP contribution is -2.41. The number of piperidine rings is 1. The number of rotatable bonds is 7. The molecule has 2 rings (SSSR count). The summed E-state index contributed by atoms with van der Waals surface area (Å²) >= 11 is 5.81. The van der Waals surface area contributed by atoms with Crippen LogP contribution in [0.4, 0.5) is 0 Å². The maximum Gasteiger partial charge on any atom is 0.334 e. The number of halogens is 1. The van der Waals surface area contributed by atoms with Gasteiger partial charge in [-0.3, -0.25) is 4.79 Å². The van der Waals surface area contributed by atoms with Crippen LogP contribution < -0.4 is 5.32 Å². The molecule has 7 nitrogen and oxygen atoms in total. The first kappa shape index (κ1) is 21.4. The predicted molar refractivity (Wildman–Crippen MR) is 103 cm³/mol. The number of carbonyl (C=O) groups excluding carboxylic acids is 2. The molecule has 148 valence electrons. The van der Waals surface area contributed by atoms with E-state index < -0.39 is 16.0 Å². The first-order chi connectivity index (χ1) is 12.6. The van der Waals surface area contributed by atoms with E-state index in [9.17, 15) is 18.0 Å². The molecule has 27 heavy (non-hydrogen) atoms. The van der Waals surface area contributed by atoms with Crippen LogP contribution in [0.25, 0.3) is 0 Å². The molecule has 1 fully saturated rings. The molecular formula is C18H23ClN2O5S. The van der Waals surface area contributed by atoms with E-state index in [4.69, 9.17) is 16.3 Å².